The highest BCUT2D eigenvalue weighted by atomic mass is 14.7. The van der Waals surface area contributed by atoms with E-state index in [-0.39, 0.29) is 0 Å². The van der Waals surface area contributed by atoms with Gasteiger partial charge < -0.3 is 0 Å². The van der Waals surface area contributed by atoms with Crippen LogP contribution in [0.1, 0.15) is 33.1 Å². The van der Waals surface area contributed by atoms with Gasteiger partial charge in [-0.3, -0.25) is 0 Å². The molecule has 3 saturated carbocycles. The molecular formula is C11H18. The molecule has 3 fully saturated rings. The second kappa shape index (κ2) is 1.84. The van der Waals surface area contributed by atoms with Gasteiger partial charge in [0, 0.05) is 0 Å². The third kappa shape index (κ3) is 0.522. The molecule has 3 aliphatic rings. The first-order chi connectivity index (χ1) is 5.34. The van der Waals surface area contributed by atoms with Gasteiger partial charge in [-0.05, 0) is 48.3 Å². The fourth-order valence-corrected chi connectivity index (χ4v) is 4.41. The molecule has 0 nitrogen and oxygen atoms in total. The molecule has 0 heterocycles. The summed E-state index contributed by atoms with van der Waals surface area (Å²) in [5, 5.41) is 0. The Balaban J connectivity index is 1.76. The normalized spacial score (nSPS) is 64.9. The van der Waals surface area contributed by atoms with Crippen LogP contribution >= 0.6 is 0 Å². The minimum atomic E-state index is 1.09. The molecule has 6 unspecified atom stereocenters. The van der Waals surface area contributed by atoms with E-state index < -0.39 is 0 Å². The smallest absolute Gasteiger partial charge is 0.0318 e. The number of fused-ring (bicyclic) bond motifs is 4. The van der Waals surface area contributed by atoms with E-state index in [1.807, 2.05) is 0 Å². The molecule has 11 heavy (non-hydrogen) atoms. The summed E-state index contributed by atoms with van der Waals surface area (Å²) in [7, 11) is 0. The lowest BCUT2D eigenvalue weighted by molar-refractivity contribution is -0.245. The Morgan fingerprint density at radius 2 is 1.73 bits per heavy atom. The van der Waals surface area contributed by atoms with E-state index in [1.54, 1.807) is 12.8 Å². The first-order valence-corrected chi connectivity index (χ1v) is 5.34. The minimum Gasteiger partial charge on any atom is -0.0651 e. The molecule has 0 aliphatic heterocycles. The van der Waals surface area contributed by atoms with Crippen molar-refractivity contribution in [2.24, 2.45) is 35.5 Å². The molecule has 3 aliphatic carbocycles. The van der Waals surface area contributed by atoms with Crippen LogP contribution in [0, 0.1) is 35.5 Å². The Hall–Kier alpha value is 0. The first-order valence-electron chi connectivity index (χ1n) is 5.34. The van der Waals surface area contributed by atoms with Crippen molar-refractivity contribution in [3.8, 4) is 0 Å². The summed E-state index contributed by atoms with van der Waals surface area (Å²) in [6.45, 7) is 4.87. The molecule has 0 aromatic heterocycles. The van der Waals surface area contributed by atoms with Crippen LogP contribution in [0.15, 0.2) is 0 Å². The van der Waals surface area contributed by atoms with Crippen molar-refractivity contribution in [2.75, 3.05) is 0 Å². The highest BCUT2D eigenvalue weighted by molar-refractivity contribution is 5.14. The number of rotatable bonds is 1. The molecule has 0 bridgehead atoms. The SMILES string of the molecule is CCC1C(C)C2C3CCC3C12. The Morgan fingerprint density at radius 1 is 1.09 bits per heavy atom. The average molecular weight is 150 g/mol. The molecule has 0 N–H and O–H groups in total. The van der Waals surface area contributed by atoms with Crippen LogP contribution in [0.25, 0.3) is 0 Å². The highest BCUT2D eigenvalue weighted by Crippen LogP contribution is 2.72. The van der Waals surface area contributed by atoms with Gasteiger partial charge in [0.25, 0.3) is 0 Å². The van der Waals surface area contributed by atoms with E-state index >= 15 is 0 Å². The number of hydrogen-bond acceptors (Lipinski definition) is 0. The zero-order chi connectivity index (χ0) is 7.59. The third-order valence-electron chi connectivity index (χ3n) is 5.06. The topological polar surface area (TPSA) is 0 Å². The van der Waals surface area contributed by atoms with Gasteiger partial charge in [0.05, 0.1) is 0 Å². The lowest BCUT2D eigenvalue weighted by Gasteiger charge is -2.72. The van der Waals surface area contributed by atoms with Crippen LogP contribution in [0.2, 0.25) is 0 Å². The van der Waals surface area contributed by atoms with Crippen molar-refractivity contribution >= 4 is 0 Å². The maximum atomic E-state index is 2.49. The zero-order valence-electron chi connectivity index (χ0n) is 7.59. The molecule has 0 aromatic rings. The van der Waals surface area contributed by atoms with Gasteiger partial charge in [0.15, 0.2) is 0 Å². The van der Waals surface area contributed by atoms with Gasteiger partial charge in [0.2, 0.25) is 0 Å². The predicted octanol–water partition coefficient (Wildman–Crippen LogP) is 2.93. The van der Waals surface area contributed by atoms with Crippen LogP contribution in [-0.4, -0.2) is 0 Å². The van der Waals surface area contributed by atoms with Gasteiger partial charge in [-0.15, -0.1) is 0 Å². The quantitative estimate of drug-likeness (QED) is 0.539. The van der Waals surface area contributed by atoms with E-state index in [0.717, 1.165) is 11.8 Å². The van der Waals surface area contributed by atoms with Gasteiger partial charge >= 0.3 is 0 Å². The van der Waals surface area contributed by atoms with Crippen molar-refractivity contribution in [3.63, 3.8) is 0 Å². The molecule has 6 atom stereocenters. The van der Waals surface area contributed by atoms with Crippen molar-refractivity contribution in [1.29, 1.82) is 0 Å². The van der Waals surface area contributed by atoms with Crippen LogP contribution in [0.5, 0.6) is 0 Å². The lowest BCUT2D eigenvalue weighted by atomic mass is 9.32. The van der Waals surface area contributed by atoms with Gasteiger partial charge in [0.1, 0.15) is 0 Å². The molecule has 0 amide bonds. The largest absolute Gasteiger partial charge is 0.0651 e. The third-order valence-corrected chi connectivity index (χ3v) is 5.06. The Labute approximate surface area is 69.4 Å². The lowest BCUT2D eigenvalue weighted by Crippen LogP contribution is -2.67. The molecule has 62 valence electrons. The Kier molecular flexibility index (Phi) is 1.09. The van der Waals surface area contributed by atoms with E-state index in [0.29, 0.717) is 0 Å². The molecular weight excluding hydrogens is 132 g/mol. The summed E-state index contributed by atoms with van der Waals surface area (Å²) < 4.78 is 0. The second-order valence-electron chi connectivity index (χ2n) is 4.99. The number of hydrogen-bond donors (Lipinski definition) is 0. The summed E-state index contributed by atoms with van der Waals surface area (Å²) in [6, 6.07) is 0. The molecule has 0 radical (unpaired) electrons. The van der Waals surface area contributed by atoms with E-state index in [2.05, 4.69) is 13.8 Å². The van der Waals surface area contributed by atoms with Crippen LogP contribution in [0.4, 0.5) is 0 Å². The van der Waals surface area contributed by atoms with E-state index in [1.165, 1.54) is 30.1 Å². The maximum Gasteiger partial charge on any atom is -0.0318 e. The fraction of sp³-hybridized carbons (Fsp3) is 1.00. The zero-order valence-corrected chi connectivity index (χ0v) is 7.59. The van der Waals surface area contributed by atoms with Crippen LogP contribution in [-0.2, 0) is 0 Å². The van der Waals surface area contributed by atoms with Gasteiger partial charge in [-0.1, -0.05) is 20.3 Å². The molecule has 0 aromatic carbocycles. The fourth-order valence-electron chi connectivity index (χ4n) is 4.41. The first kappa shape index (κ1) is 6.51. The summed E-state index contributed by atoms with van der Waals surface area (Å²) in [5.41, 5.74) is 0. The van der Waals surface area contributed by atoms with Crippen molar-refractivity contribution < 1.29 is 0 Å². The summed E-state index contributed by atoms with van der Waals surface area (Å²) in [6.07, 6.45) is 4.60. The van der Waals surface area contributed by atoms with E-state index in [4.69, 9.17) is 0 Å². The van der Waals surface area contributed by atoms with Crippen LogP contribution < -0.4 is 0 Å². The Bertz CT molecular complexity index is 178. The van der Waals surface area contributed by atoms with Crippen molar-refractivity contribution in [2.45, 2.75) is 33.1 Å². The minimum absolute atomic E-state index is 1.09. The Morgan fingerprint density at radius 3 is 2.27 bits per heavy atom. The maximum absolute atomic E-state index is 2.49. The standard InChI is InChI=1S/C11H18/c1-3-7-6(2)10-8-4-5-9(8)11(7)10/h6-11H,3-5H2,1-2H3. The van der Waals surface area contributed by atoms with Crippen molar-refractivity contribution in [3.05, 3.63) is 0 Å². The van der Waals surface area contributed by atoms with Gasteiger partial charge in [-0.2, -0.15) is 0 Å². The summed E-state index contributed by atoms with van der Waals surface area (Å²) >= 11 is 0. The second-order valence-corrected chi connectivity index (χ2v) is 4.99. The molecule has 3 rings (SSSR count). The summed E-state index contributed by atoms with van der Waals surface area (Å²) in [4.78, 5) is 0. The average Bonchev–Trinajstić information content (AvgIpc) is 1.97. The van der Waals surface area contributed by atoms with E-state index in [9.17, 15) is 0 Å². The predicted molar refractivity (Wildman–Crippen MR) is 46.1 cm³/mol. The highest BCUT2D eigenvalue weighted by Gasteiger charge is 2.66. The molecule has 0 heteroatoms. The van der Waals surface area contributed by atoms with Gasteiger partial charge in [-0.25, -0.2) is 0 Å². The molecule has 0 spiro atoms. The molecule has 0 saturated heterocycles. The van der Waals surface area contributed by atoms with Crippen molar-refractivity contribution in [1.82, 2.24) is 0 Å². The van der Waals surface area contributed by atoms with Crippen LogP contribution in [0.3, 0.4) is 0 Å². The summed E-state index contributed by atoms with van der Waals surface area (Å²) in [5.74, 6) is 7.03. The monoisotopic (exact) mass is 150 g/mol.